The molecule has 0 radical (unpaired) electrons. The molecule has 0 bridgehead atoms. The number of carbonyl (C=O) groups excluding carboxylic acids is 2. The van der Waals surface area contributed by atoms with E-state index >= 15 is 0 Å². The predicted octanol–water partition coefficient (Wildman–Crippen LogP) is 4.02. The average molecular weight is 321 g/mol. The van der Waals surface area contributed by atoms with Crippen LogP contribution in [0.1, 0.15) is 59.3 Å². The Hall–Kier alpha value is -2.42. The standard InChI is InChI=1S/C21H23NO2/c1-15(16-6-3-2-4-7-16)22-21(24)13-12-20(23)19-11-10-17-8-5-9-18(17)14-19/h2-4,6-7,10-11,14-15H,5,8-9,12-13H2,1H3,(H,22,24)/t15-/m0/s1. The largest absolute Gasteiger partial charge is 0.350 e. The number of ketones is 1. The third-order valence-corrected chi connectivity index (χ3v) is 4.68. The molecule has 2 aromatic rings. The Morgan fingerprint density at radius 2 is 1.75 bits per heavy atom. The number of amides is 1. The van der Waals surface area contributed by atoms with Crippen LogP contribution in [-0.4, -0.2) is 11.7 Å². The lowest BCUT2D eigenvalue weighted by molar-refractivity contribution is -0.121. The minimum atomic E-state index is -0.0825. The third kappa shape index (κ3) is 3.91. The first-order valence-corrected chi connectivity index (χ1v) is 8.63. The summed E-state index contributed by atoms with van der Waals surface area (Å²) in [7, 11) is 0. The van der Waals surface area contributed by atoms with Crippen LogP contribution >= 0.6 is 0 Å². The quantitative estimate of drug-likeness (QED) is 0.817. The van der Waals surface area contributed by atoms with Crippen molar-refractivity contribution in [1.82, 2.24) is 5.32 Å². The highest BCUT2D eigenvalue weighted by Gasteiger charge is 2.15. The van der Waals surface area contributed by atoms with E-state index in [1.165, 1.54) is 17.5 Å². The van der Waals surface area contributed by atoms with Crippen molar-refractivity contribution in [1.29, 1.82) is 0 Å². The number of carbonyl (C=O) groups is 2. The Morgan fingerprint density at radius 3 is 2.54 bits per heavy atom. The minimum Gasteiger partial charge on any atom is -0.350 e. The molecule has 1 N–H and O–H groups in total. The van der Waals surface area contributed by atoms with Gasteiger partial charge in [0.25, 0.3) is 0 Å². The minimum absolute atomic E-state index is 0.0474. The molecule has 0 aromatic heterocycles. The van der Waals surface area contributed by atoms with Gasteiger partial charge in [0.2, 0.25) is 5.91 Å². The summed E-state index contributed by atoms with van der Waals surface area (Å²) in [4.78, 5) is 24.4. The van der Waals surface area contributed by atoms with Gasteiger partial charge < -0.3 is 5.32 Å². The van der Waals surface area contributed by atoms with E-state index in [2.05, 4.69) is 11.4 Å². The number of aryl methyl sites for hydroxylation is 2. The van der Waals surface area contributed by atoms with Crippen molar-refractivity contribution in [2.45, 2.75) is 45.1 Å². The molecule has 1 amide bonds. The maximum Gasteiger partial charge on any atom is 0.220 e. The van der Waals surface area contributed by atoms with Crippen LogP contribution in [-0.2, 0) is 17.6 Å². The molecule has 3 heteroatoms. The monoisotopic (exact) mass is 321 g/mol. The maximum atomic E-state index is 12.3. The summed E-state index contributed by atoms with van der Waals surface area (Å²) in [5, 5.41) is 2.95. The van der Waals surface area contributed by atoms with Crippen LogP contribution in [0.2, 0.25) is 0 Å². The van der Waals surface area contributed by atoms with E-state index in [-0.39, 0.29) is 30.6 Å². The van der Waals surface area contributed by atoms with Gasteiger partial charge in [-0.3, -0.25) is 9.59 Å². The molecule has 0 aliphatic heterocycles. The highest BCUT2D eigenvalue weighted by molar-refractivity contribution is 5.98. The molecule has 0 spiro atoms. The number of hydrogen-bond acceptors (Lipinski definition) is 2. The Morgan fingerprint density at radius 1 is 1.00 bits per heavy atom. The second kappa shape index (κ2) is 7.43. The summed E-state index contributed by atoms with van der Waals surface area (Å²) in [6.07, 6.45) is 3.83. The van der Waals surface area contributed by atoms with E-state index in [1.807, 2.05) is 49.4 Å². The summed E-state index contributed by atoms with van der Waals surface area (Å²) < 4.78 is 0. The molecular weight excluding hydrogens is 298 g/mol. The second-order valence-corrected chi connectivity index (χ2v) is 6.46. The molecule has 3 nitrogen and oxygen atoms in total. The number of Topliss-reactive ketones (excluding diaryl/α,β-unsaturated/α-hetero) is 1. The third-order valence-electron chi connectivity index (χ3n) is 4.68. The molecule has 1 aliphatic rings. The van der Waals surface area contributed by atoms with Crippen molar-refractivity contribution in [2.24, 2.45) is 0 Å². The molecule has 124 valence electrons. The second-order valence-electron chi connectivity index (χ2n) is 6.46. The van der Waals surface area contributed by atoms with Gasteiger partial charge >= 0.3 is 0 Å². The van der Waals surface area contributed by atoms with Crippen LogP contribution in [0.4, 0.5) is 0 Å². The summed E-state index contributed by atoms with van der Waals surface area (Å²) in [6.45, 7) is 1.95. The van der Waals surface area contributed by atoms with Crippen LogP contribution < -0.4 is 5.32 Å². The van der Waals surface area contributed by atoms with Crippen molar-refractivity contribution < 1.29 is 9.59 Å². The van der Waals surface area contributed by atoms with Crippen LogP contribution in [0.3, 0.4) is 0 Å². The normalized spacial score (nSPS) is 14.0. The van der Waals surface area contributed by atoms with Gasteiger partial charge in [-0.1, -0.05) is 42.5 Å². The van der Waals surface area contributed by atoms with E-state index < -0.39 is 0 Å². The zero-order valence-corrected chi connectivity index (χ0v) is 14.0. The highest BCUT2D eigenvalue weighted by Crippen LogP contribution is 2.23. The fraction of sp³-hybridized carbons (Fsp3) is 0.333. The number of benzene rings is 2. The van der Waals surface area contributed by atoms with Crippen molar-refractivity contribution >= 4 is 11.7 Å². The van der Waals surface area contributed by atoms with Gasteiger partial charge in [0.05, 0.1) is 6.04 Å². The fourth-order valence-electron chi connectivity index (χ4n) is 3.26. The molecule has 3 rings (SSSR count). The molecule has 0 saturated carbocycles. The number of hydrogen-bond donors (Lipinski definition) is 1. The number of nitrogens with one attached hydrogen (secondary N) is 1. The molecule has 24 heavy (non-hydrogen) atoms. The predicted molar refractivity (Wildman–Crippen MR) is 95.0 cm³/mol. The van der Waals surface area contributed by atoms with Gasteiger partial charge in [0, 0.05) is 18.4 Å². The summed E-state index contributed by atoms with van der Waals surface area (Å²) in [5.74, 6) is -0.0342. The summed E-state index contributed by atoms with van der Waals surface area (Å²) in [6, 6.07) is 15.8. The zero-order chi connectivity index (χ0) is 16.9. The van der Waals surface area contributed by atoms with Crippen molar-refractivity contribution in [3.63, 3.8) is 0 Å². The fourth-order valence-corrected chi connectivity index (χ4v) is 3.26. The van der Waals surface area contributed by atoms with Gasteiger partial charge in [-0.05, 0) is 48.9 Å². The number of fused-ring (bicyclic) bond motifs is 1. The zero-order valence-electron chi connectivity index (χ0n) is 14.0. The number of rotatable bonds is 6. The molecule has 0 fully saturated rings. The van der Waals surface area contributed by atoms with Crippen LogP contribution in [0.15, 0.2) is 48.5 Å². The first-order valence-electron chi connectivity index (χ1n) is 8.63. The molecule has 0 saturated heterocycles. The van der Waals surface area contributed by atoms with Gasteiger partial charge in [-0.15, -0.1) is 0 Å². The van der Waals surface area contributed by atoms with E-state index in [0.717, 1.165) is 24.0 Å². The van der Waals surface area contributed by atoms with E-state index in [1.54, 1.807) is 0 Å². The van der Waals surface area contributed by atoms with Crippen LogP contribution in [0, 0.1) is 0 Å². The van der Waals surface area contributed by atoms with Crippen molar-refractivity contribution in [3.05, 3.63) is 70.8 Å². The van der Waals surface area contributed by atoms with Gasteiger partial charge in [0.1, 0.15) is 0 Å². The lowest BCUT2D eigenvalue weighted by atomic mass is 10.0. The van der Waals surface area contributed by atoms with Gasteiger partial charge in [-0.25, -0.2) is 0 Å². The van der Waals surface area contributed by atoms with Crippen LogP contribution in [0.25, 0.3) is 0 Å². The van der Waals surface area contributed by atoms with Crippen molar-refractivity contribution in [3.8, 4) is 0 Å². The molecule has 0 heterocycles. The summed E-state index contributed by atoms with van der Waals surface area (Å²) >= 11 is 0. The molecule has 1 aliphatic carbocycles. The molecular formula is C21H23NO2. The van der Waals surface area contributed by atoms with Crippen molar-refractivity contribution in [2.75, 3.05) is 0 Å². The van der Waals surface area contributed by atoms with E-state index in [4.69, 9.17) is 0 Å². The smallest absolute Gasteiger partial charge is 0.220 e. The lowest BCUT2D eigenvalue weighted by Crippen LogP contribution is -2.26. The lowest BCUT2D eigenvalue weighted by Gasteiger charge is -2.14. The molecule has 0 unspecified atom stereocenters. The molecule has 2 aromatic carbocycles. The average Bonchev–Trinajstić information content (AvgIpc) is 3.08. The topological polar surface area (TPSA) is 46.2 Å². The van der Waals surface area contributed by atoms with E-state index in [0.29, 0.717) is 0 Å². The highest BCUT2D eigenvalue weighted by atomic mass is 16.2. The van der Waals surface area contributed by atoms with Crippen LogP contribution in [0.5, 0.6) is 0 Å². The first-order chi connectivity index (χ1) is 11.6. The SMILES string of the molecule is C[C@H](NC(=O)CCC(=O)c1ccc2c(c1)CCC2)c1ccccc1. The first kappa shape index (κ1) is 16.4. The Balaban J connectivity index is 1.51. The Bertz CT molecular complexity index is 737. The summed E-state index contributed by atoms with van der Waals surface area (Å²) in [5.41, 5.74) is 4.46. The van der Waals surface area contributed by atoms with Gasteiger partial charge in [-0.2, -0.15) is 0 Å². The van der Waals surface area contributed by atoms with Gasteiger partial charge in [0.15, 0.2) is 5.78 Å². The molecule has 1 atom stereocenters. The Labute approximate surface area is 143 Å². The van der Waals surface area contributed by atoms with E-state index in [9.17, 15) is 9.59 Å². The maximum absolute atomic E-state index is 12.3. The Kier molecular flexibility index (Phi) is 5.09.